The molecule has 0 saturated heterocycles. The van der Waals surface area contributed by atoms with Crippen LogP contribution in [0.15, 0.2) is 30.3 Å². The van der Waals surface area contributed by atoms with E-state index in [9.17, 15) is 4.79 Å². The maximum absolute atomic E-state index is 11.0. The van der Waals surface area contributed by atoms with Crippen molar-refractivity contribution < 1.29 is 4.79 Å². The van der Waals surface area contributed by atoms with Gasteiger partial charge < -0.3 is 0 Å². The zero-order chi connectivity index (χ0) is 13.1. The van der Waals surface area contributed by atoms with Crippen LogP contribution in [0.5, 0.6) is 0 Å². The molecule has 88 valence electrons. The van der Waals surface area contributed by atoms with Crippen LogP contribution in [0.1, 0.15) is 15.9 Å². The summed E-state index contributed by atoms with van der Waals surface area (Å²) in [6.45, 7) is 0. The molecule has 0 amide bonds. The lowest BCUT2D eigenvalue weighted by atomic mass is 9.99. The molecule has 0 fully saturated rings. The lowest BCUT2D eigenvalue weighted by Gasteiger charge is -2.06. The van der Waals surface area contributed by atoms with Crippen LogP contribution in [0.25, 0.3) is 11.1 Å². The summed E-state index contributed by atoms with van der Waals surface area (Å²) in [5, 5.41) is 9.29. The molecule has 0 saturated carbocycles. The number of rotatable bonds is 2. The van der Waals surface area contributed by atoms with E-state index < -0.39 is 0 Å². The molecule has 0 aliphatic heterocycles. The Morgan fingerprint density at radius 2 is 1.83 bits per heavy atom. The molecule has 2 rings (SSSR count). The van der Waals surface area contributed by atoms with Crippen molar-refractivity contribution in [3.8, 4) is 17.2 Å². The fourth-order valence-electron chi connectivity index (χ4n) is 1.61. The molecule has 0 aliphatic carbocycles. The Kier molecular flexibility index (Phi) is 3.61. The van der Waals surface area contributed by atoms with Crippen LogP contribution in [-0.2, 0) is 0 Å². The second-order valence-corrected chi connectivity index (χ2v) is 4.31. The largest absolute Gasteiger partial charge is 0.298 e. The molecule has 0 radical (unpaired) electrons. The summed E-state index contributed by atoms with van der Waals surface area (Å²) < 4.78 is 0. The normalized spacial score (nSPS) is 9.83. The van der Waals surface area contributed by atoms with Crippen molar-refractivity contribution in [2.45, 2.75) is 0 Å². The van der Waals surface area contributed by atoms with Crippen molar-refractivity contribution in [1.29, 1.82) is 5.26 Å². The number of aldehydes is 1. The van der Waals surface area contributed by atoms with Crippen LogP contribution in [0.4, 0.5) is 0 Å². The van der Waals surface area contributed by atoms with Crippen molar-refractivity contribution in [3.63, 3.8) is 0 Å². The van der Waals surface area contributed by atoms with E-state index in [2.05, 4.69) is 4.98 Å². The van der Waals surface area contributed by atoms with Gasteiger partial charge in [0, 0.05) is 5.56 Å². The van der Waals surface area contributed by atoms with Crippen molar-refractivity contribution in [2.24, 2.45) is 0 Å². The van der Waals surface area contributed by atoms with Crippen molar-refractivity contribution in [2.75, 3.05) is 0 Å². The highest BCUT2D eigenvalue weighted by molar-refractivity contribution is 6.32. The number of pyridine rings is 1. The fraction of sp³-hybridized carbons (Fsp3) is 0. The van der Waals surface area contributed by atoms with Gasteiger partial charge in [-0.1, -0.05) is 29.3 Å². The van der Waals surface area contributed by atoms with Crippen molar-refractivity contribution in [1.82, 2.24) is 4.98 Å². The first kappa shape index (κ1) is 12.6. The number of hydrogen-bond donors (Lipinski definition) is 0. The number of nitriles is 1. The van der Waals surface area contributed by atoms with E-state index in [1.54, 1.807) is 24.3 Å². The topological polar surface area (TPSA) is 53.8 Å². The van der Waals surface area contributed by atoms with Crippen molar-refractivity contribution >= 4 is 29.5 Å². The van der Waals surface area contributed by atoms with Crippen LogP contribution in [0.2, 0.25) is 10.3 Å². The summed E-state index contributed by atoms with van der Waals surface area (Å²) in [4.78, 5) is 14.9. The van der Waals surface area contributed by atoms with Gasteiger partial charge in [0.25, 0.3) is 0 Å². The maximum atomic E-state index is 11.0. The van der Waals surface area contributed by atoms with Crippen LogP contribution in [-0.4, -0.2) is 11.3 Å². The quantitative estimate of drug-likeness (QED) is 0.620. The Morgan fingerprint density at radius 3 is 2.39 bits per heavy atom. The zero-order valence-corrected chi connectivity index (χ0v) is 10.5. The Balaban J connectivity index is 2.63. The highest BCUT2D eigenvalue weighted by Crippen LogP contribution is 2.27. The minimum atomic E-state index is 0.249. The Labute approximate surface area is 114 Å². The van der Waals surface area contributed by atoms with E-state index >= 15 is 0 Å². The molecule has 0 bridgehead atoms. The molecule has 0 unspecified atom stereocenters. The van der Waals surface area contributed by atoms with Gasteiger partial charge in [0.2, 0.25) is 0 Å². The predicted molar refractivity (Wildman–Crippen MR) is 69.8 cm³/mol. The van der Waals surface area contributed by atoms with Crippen LogP contribution >= 0.6 is 23.2 Å². The number of benzene rings is 1. The van der Waals surface area contributed by atoms with Crippen LogP contribution < -0.4 is 0 Å². The molecule has 5 heteroatoms. The van der Waals surface area contributed by atoms with E-state index in [1.165, 1.54) is 6.07 Å². The Hall–Kier alpha value is -1.89. The average Bonchev–Trinajstić information content (AvgIpc) is 2.36. The second kappa shape index (κ2) is 5.18. The van der Waals surface area contributed by atoms with Gasteiger partial charge in [-0.15, -0.1) is 0 Å². The van der Waals surface area contributed by atoms with Crippen molar-refractivity contribution in [3.05, 3.63) is 51.8 Å². The average molecular weight is 277 g/mol. The molecule has 0 spiro atoms. The monoisotopic (exact) mass is 276 g/mol. The maximum Gasteiger partial charge on any atom is 0.150 e. The molecular weight excluding hydrogens is 271 g/mol. The molecule has 1 heterocycles. The minimum absolute atomic E-state index is 0.249. The number of aromatic nitrogens is 1. The lowest BCUT2D eigenvalue weighted by Crippen LogP contribution is -1.90. The standard InChI is InChI=1S/C13H6Cl2N2O/c14-12-4-9(5-13(15)17-12)11-2-1-8(6-16)3-10(11)7-18/h1-5,7H. The highest BCUT2D eigenvalue weighted by atomic mass is 35.5. The molecule has 1 aromatic carbocycles. The summed E-state index contributed by atoms with van der Waals surface area (Å²) in [5.74, 6) is 0. The number of halogens is 2. The Bertz CT molecular complexity index is 642. The predicted octanol–water partition coefficient (Wildman–Crippen LogP) is 3.74. The molecule has 0 atom stereocenters. The van der Waals surface area contributed by atoms with Gasteiger partial charge in [-0.25, -0.2) is 4.98 Å². The van der Waals surface area contributed by atoms with E-state index in [0.29, 0.717) is 28.5 Å². The van der Waals surface area contributed by atoms with E-state index in [0.717, 1.165) is 0 Å². The van der Waals surface area contributed by atoms with Gasteiger partial charge in [0.1, 0.15) is 10.3 Å². The fourth-order valence-corrected chi connectivity index (χ4v) is 2.07. The van der Waals surface area contributed by atoms with Crippen LogP contribution in [0.3, 0.4) is 0 Å². The number of carbonyl (C=O) groups is 1. The molecular formula is C13H6Cl2N2O. The summed E-state index contributed by atoms with van der Waals surface area (Å²) in [7, 11) is 0. The molecule has 18 heavy (non-hydrogen) atoms. The van der Waals surface area contributed by atoms with E-state index in [1.807, 2.05) is 6.07 Å². The third kappa shape index (κ3) is 2.51. The summed E-state index contributed by atoms with van der Waals surface area (Å²) in [6.07, 6.45) is 0.693. The van der Waals surface area contributed by atoms with Gasteiger partial charge in [0.05, 0.1) is 11.6 Å². The SMILES string of the molecule is N#Cc1ccc(-c2cc(Cl)nc(Cl)c2)c(C=O)c1. The molecule has 0 aliphatic rings. The third-order valence-electron chi connectivity index (χ3n) is 2.38. The van der Waals surface area contributed by atoms with Crippen LogP contribution in [0, 0.1) is 11.3 Å². The van der Waals surface area contributed by atoms with Gasteiger partial charge in [-0.2, -0.15) is 5.26 Å². The first-order chi connectivity index (χ1) is 8.63. The molecule has 3 nitrogen and oxygen atoms in total. The van der Waals surface area contributed by atoms with Gasteiger partial charge in [-0.05, 0) is 35.4 Å². The zero-order valence-electron chi connectivity index (χ0n) is 9.02. The molecule has 2 aromatic rings. The van der Waals surface area contributed by atoms with Gasteiger partial charge >= 0.3 is 0 Å². The van der Waals surface area contributed by atoms with Gasteiger partial charge in [0.15, 0.2) is 6.29 Å². The minimum Gasteiger partial charge on any atom is -0.298 e. The first-order valence-electron chi connectivity index (χ1n) is 4.97. The number of carbonyl (C=O) groups excluding carboxylic acids is 1. The lowest BCUT2D eigenvalue weighted by molar-refractivity contribution is 0.112. The Morgan fingerprint density at radius 1 is 1.17 bits per heavy atom. The molecule has 1 aromatic heterocycles. The first-order valence-corrected chi connectivity index (χ1v) is 5.72. The van der Waals surface area contributed by atoms with Gasteiger partial charge in [-0.3, -0.25) is 4.79 Å². The summed E-state index contributed by atoms with van der Waals surface area (Å²) in [6, 6.07) is 10.0. The smallest absolute Gasteiger partial charge is 0.150 e. The number of hydrogen-bond acceptors (Lipinski definition) is 3. The highest BCUT2D eigenvalue weighted by Gasteiger charge is 2.08. The molecule has 0 N–H and O–H groups in total. The summed E-state index contributed by atoms with van der Waals surface area (Å²) in [5.41, 5.74) is 2.18. The second-order valence-electron chi connectivity index (χ2n) is 3.53. The van der Waals surface area contributed by atoms with E-state index in [4.69, 9.17) is 28.5 Å². The number of nitrogens with zero attached hydrogens (tertiary/aromatic N) is 2. The van der Waals surface area contributed by atoms with E-state index in [-0.39, 0.29) is 10.3 Å². The third-order valence-corrected chi connectivity index (χ3v) is 2.77. The summed E-state index contributed by atoms with van der Waals surface area (Å²) >= 11 is 11.6.